The number of nitrogens with one attached hydrogen (secondary N) is 1. The lowest BCUT2D eigenvalue weighted by atomic mass is 10.0. The van der Waals surface area contributed by atoms with Crippen molar-refractivity contribution in [3.63, 3.8) is 0 Å². The highest BCUT2D eigenvalue weighted by molar-refractivity contribution is 7.15. The number of amides is 2. The molecule has 1 saturated heterocycles. The van der Waals surface area contributed by atoms with Crippen LogP contribution in [0.2, 0.25) is 38.2 Å². The van der Waals surface area contributed by atoms with E-state index in [2.05, 4.69) is 44.1 Å². The first-order valence-corrected chi connectivity index (χ1v) is 24.1. The molecule has 1 aliphatic heterocycles. The quantitative estimate of drug-likeness (QED) is 0.161. The molecule has 55 heavy (non-hydrogen) atoms. The summed E-state index contributed by atoms with van der Waals surface area (Å²) < 4.78 is 18.5. The molecule has 3 atom stereocenters. The van der Waals surface area contributed by atoms with Gasteiger partial charge in [-0.25, -0.2) is 9.78 Å². The molecule has 5 rings (SSSR count). The summed E-state index contributed by atoms with van der Waals surface area (Å²) in [4.78, 5) is 36.7. The third kappa shape index (κ3) is 11.7. The summed E-state index contributed by atoms with van der Waals surface area (Å²) in [7, 11) is -2.00. The number of carbonyl (C=O) groups excluding carboxylic acids is 2. The number of nitrogens with zero attached hydrogens (tertiary/aromatic N) is 3. The molecular formula is C40H54Cl4N4O5SSi. The lowest BCUT2D eigenvalue weighted by molar-refractivity contribution is -0.136. The number of alkyl carbamates (subject to hydrolysis) is 1. The molecule has 2 aliphatic rings. The van der Waals surface area contributed by atoms with Gasteiger partial charge in [0.25, 0.3) is 0 Å². The van der Waals surface area contributed by atoms with Crippen molar-refractivity contribution in [3.8, 4) is 5.75 Å². The van der Waals surface area contributed by atoms with Gasteiger partial charge in [0, 0.05) is 43.2 Å². The van der Waals surface area contributed by atoms with Crippen LogP contribution in [0.3, 0.4) is 0 Å². The maximum absolute atomic E-state index is 14.3. The summed E-state index contributed by atoms with van der Waals surface area (Å²) in [5.74, 6) is -0.160. The number of aromatic nitrogens is 1. The van der Waals surface area contributed by atoms with Gasteiger partial charge in [-0.15, -0.1) is 11.3 Å². The van der Waals surface area contributed by atoms with Gasteiger partial charge in [-0.2, -0.15) is 0 Å². The Labute approximate surface area is 351 Å². The number of hydrogen-bond acceptors (Lipinski definition) is 8. The van der Waals surface area contributed by atoms with Crippen LogP contribution in [0.5, 0.6) is 5.75 Å². The molecule has 2 fully saturated rings. The zero-order valence-corrected chi connectivity index (χ0v) is 38.1. The molecule has 3 unspecified atom stereocenters. The number of carbonyl (C=O) groups is 2. The van der Waals surface area contributed by atoms with Crippen LogP contribution in [0.1, 0.15) is 89.8 Å². The van der Waals surface area contributed by atoms with Crippen LogP contribution < -0.4 is 15.0 Å². The highest BCUT2D eigenvalue weighted by atomic mass is 35.5. The lowest BCUT2D eigenvalue weighted by Gasteiger charge is -2.38. The Morgan fingerprint density at radius 2 is 1.71 bits per heavy atom. The fourth-order valence-electron chi connectivity index (χ4n) is 6.19. The van der Waals surface area contributed by atoms with Gasteiger partial charge in [-0.05, 0) is 94.4 Å². The Balaban J connectivity index is 1.26. The minimum Gasteiger partial charge on any atom is -0.485 e. The normalized spacial score (nSPS) is 17.5. The van der Waals surface area contributed by atoms with Crippen LogP contribution >= 0.6 is 57.7 Å². The zero-order chi connectivity index (χ0) is 40.5. The Morgan fingerprint density at radius 1 is 1.04 bits per heavy atom. The van der Waals surface area contributed by atoms with E-state index in [4.69, 9.17) is 65.3 Å². The lowest BCUT2D eigenvalue weighted by Crippen LogP contribution is -2.44. The van der Waals surface area contributed by atoms with E-state index in [1.54, 1.807) is 26.8 Å². The Morgan fingerprint density at radius 3 is 2.33 bits per heavy atom. The van der Waals surface area contributed by atoms with Crippen molar-refractivity contribution in [2.24, 2.45) is 5.92 Å². The first-order chi connectivity index (χ1) is 25.6. The van der Waals surface area contributed by atoms with Crippen molar-refractivity contribution >= 4 is 83.2 Å². The Hall–Kier alpha value is -2.25. The van der Waals surface area contributed by atoms with Crippen molar-refractivity contribution < 1.29 is 23.5 Å². The summed E-state index contributed by atoms with van der Waals surface area (Å²) >= 11 is 27.9. The molecule has 2 amide bonds. The number of ether oxygens (including phenoxy) is 2. The number of anilines is 1. The second kappa shape index (κ2) is 17.7. The number of benzene rings is 2. The van der Waals surface area contributed by atoms with Gasteiger partial charge in [0.15, 0.2) is 19.2 Å². The molecule has 15 heteroatoms. The summed E-state index contributed by atoms with van der Waals surface area (Å²) in [6.07, 6.45) is 3.90. The van der Waals surface area contributed by atoms with Crippen LogP contribution in [0.15, 0.2) is 36.5 Å². The third-order valence-electron chi connectivity index (χ3n) is 10.3. The molecule has 2 heterocycles. The monoisotopic (exact) mass is 870 g/mol. The highest BCUT2D eigenvalue weighted by Crippen LogP contribution is 2.43. The van der Waals surface area contributed by atoms with Crippen molar-refractivity contribution in [2.45, 2.75) is 123 Å². The van der Waals surface area contributed by atoms with Crippen LogP contribution in [0, 0.1) is 5.92 Å². The van der Waals surface area contributed by atoms with Gasteiger partial charge in [0.1, 0.15) is 11.7 Å². The molecule has 1 aromatic heterocycles. The second-order valence-corrected chi connectivity index (χ2v) is 24.6. The SMILES string of the molecule is CC(O[Si](C)(C)C(C)(C)C)c1cc(Cl)c(OC2CCN(c3ncc(CC(CNC(=O)OC(C)(C)C)C(=O)N(Cc4cccc(Cl)c4Cl)C4CC4)s3)C2)c(Cl)c1. The summed E-state index contributed by atoms with van der Waals surface area (Å²) in [5.41, 5.74) is 1.03. The standard InChI is InChI=1S/C40H54Cl4N4O5SSi/c1-24(53-55(8,9)40(5,6)7)26-18-32(42)35(33(43)19-26)51-29-15-16-47(23-29)37-45-21-30(54-37)17-27(20-46-38(50)52-39(2,3)4)36(49)48(28-13-14-28)22-25-11-10-12-31(41)34(25)44/h10-12,18-19,21,24,27-29H,13-17,20,22-23H2,1-9H3,(H,46,50). The van der Waals surface area contributed by atoms with E-state index < -0.39 is 25.9 Å². The smallest absolute Gasteiger partial charge is 0.407 e. The van der Waals surface area contributed by atoms with Gasteiger partial charge in [-0.3, -0.25) is 4.79 Å². The molecule has 302 valence electrons. The van der Waals surface area contributed by atoms with E-state index in [1.807, 2.05) is 42.3 Å². The molecule has 3 aromatic rings. The number of rotatable bonds is 14. The van der Waals surface area contributed by atoms with Crippen molar-refractivity contribution in [1.82, 2.24) is 15.2 Å². The van der Waals surface area contributed by atoms with E-state index in [0.29, 0.717) is 45.4 Å². The first kappa shape index (κ1) is 43.9. The minimum absolute atomic E-state index is 0.0695. The average Bonchev–Trinajstić information content (AvgIpc) is 3.62. The zero-order valence-electron chi connectivity index (χ0n) is 33.2. The van der Waals surface area contributed by atoms with E-state index in [9.17, 15) is 9.59 Å². The molecule has 9 nitrogen and oxygen atoms in total. The van der Waals surface area contributed by atoms with Gasteiger partial charge < -0.3 is 29.0 Å². The predicted octanol–water partition coefficient (Wildman–Crippen LogP) is 11.4. The summed E-state index contributed by atoms with van der Waals surface area (Å²) in [6.45, 7) is 20.3. The first-order valence-electron chi connectivity index (χ1n) is 18.8. The van der Waals surface area contributed by atoms with Gasteiger partial charge in [0.05, 0.1) is 38.7 Å². The van der Waals surface area contributed by atoms with Crippen LogP contribution in [0.4, 0.5) is 9.93 Å². The average molecular weight is 873 g/mol. The predicted molar refractivity (Wildman–Crippen MR) is 228 cm³/mol. The van der Waals surface area contributed by atoms with Crippen molar-refractivity contribution in [3.05, 3.63) is 72.6 Å². The van der Waals surface area contributed by atoms with Crippen LogP contribution in [-0.4, -0.2) is 67.6 Å². The Bertz CT molecular complexity index is 1820. The van der Waals surface area contributed by atoms with Gasteiger partial charge >= 0.3 is 6.09 Å². The molecule has 1 N–H and O–H groups in total. The molecule has 1 aliphatic carbocycles. The van der Waals surface area contributed by atoms with Crippen molar-refractivity contribution in [1.29, 1.82) is 0 Å². The van der Waals surface area contributed by atoms with Gasteiger partial charge in [-0.1, -0.05) is 79.3 Å². The molecule has 0 spiro atoms. The molecule has 2 aromatic carbocycles. The maximum Gasteiger partial charge on any atom is 0.407 e. The summed E-state index contributed by atoms with van der Waals surface area (Å²) in [5, 5.41) is 5.54. The van der Waals surface area contributed by atoms with E-state index in [1.165, 1.54) is 11.3 Å². The summed E-state index contributed by atoms with van der Waals surface area (Å²) in [6, 6.07) is 9.33. The Kier molecular flexibility index (Phi) is 14.1. The van der Waals surface area contributed by atoms with E-state index in [-0.39, 0.29) is 35.7 Å². The number of thiazole rings is 1. The van der Waals surface area contributed by atoms with E-state index >= 15 is 0 Å². The topological polar surface area (TPSA) is 93.2 Å². The number of halogens is 4. The van der Waals surface area contributed by atoms with Crippen LogP contribution in [-0.2, 0) is 26.9 Å². The van der Waals surface area contributed by atoms with Crippen LogP contribution in [0.25, 0.3) is 0 Å². The largest absolute Gasteiger partial charge is 0.485 e. The molecule has 0 bridgehead atoms. The number of hydrogen-bond donors (Lipinski definition) is 1. The molecule has 1 saturated carbocycles. The fourth-order valence-corrected chi connectivity index (χ4v) is 9.56. The maximum atomic E-state index is 14.3. The highest BCUT2D eigenvalue weighted by Gasteiger charge is 2.39. The minimum atomic E-state index is -2.00. The second-order valence-electron chi connectivity index (χ2n) is 17.1. The molecular weight excluding hydrogens is 818 g/mol. The van der Waals surface area contributed by atoms with Crippen molar-refractivity contribution in [2.75, 3.05) is 24.5 Å². The fraction of sp³-hybridized carbons (Fsp3) is 0.575. The molecule has 0 radical (unpaired) electrons. The van der Waals surface area contributed by atoms with Gasteiger partial charge in [0.2, 0.25) is 5.91 Å². The third-order valence-corrected chi connectivity index (χ3v) is 17.4. The van der Waals surface area contributed by atoms with E-state index in [0.717, 1.165) is 46.9 Å².